The van der Waals surface area contributed by atoms with Crippen LogP contribution < -0.4 is 5.32 Å². The lowest BCUT2D eigenvalue weighted by Crippen LogP contribution is -2.31. The van der Waals surface area contributed by atoms with E-state index in [0.717, 1.165) is 16.7 Å². The van der Waals surface area contributed by atoms with E-state index >= 15 is 0 Å². The van der Waals surface area contributed by atoms with Gasteiger partial charge in [0.05, 0.1) is 0 Å². The molecule has 4 nitrogen and oxygen atoms in total. The number of rotatable bonds is 4. The van der Waals surface area contributed by atoms with Crippen LogP contribution in [0.5, 0.6) is 0 Å². The fraction of sp³-hybridized carbons (Fsp3) is 0.200. The number of carbonyl (C=O) groups is 1. The lowest BCUT2D eigenvalue weighted by atomic mass is 10.1. The van der Waals surface area contributed by atoms with Crippen molar-refractivity contribution >= 4 is 5.91 Å². The number of nitrogens with one attached hydrogen (secondary N) is 1. The molecule has 0 fully saturated rings. The van der Waals surface area contributed by atoms with E-state index in [0.29, 0.717) is 6.54 Å². The number of benzene rings is 1. The molecule has 4 heteroatoms. The number of hydrogen-bond acceptors (Lipinski definition) is 3. The van der Waals surface area contributed by atoms with Crippen molar-refractivity contribution in [1.82, 2.24) is 10.3 Å². The molecule has 2 rings (SSSR count). The number of aliphatic hydroxyl groups excluding tert-OH is 1. The van der Waals surface area contributed by atoms with Crippen molar-refractivity contribution in [1.29, 1.82) is 0 Å². The molecule has 1 aromatic heterocycles. The Hall–Kier alpha value is -2.20. The third-order valence-electron chi connectivity index (χ3n) is 2.79. The van der Waals surface area contributed by atoms with E-state index in [-0.39, 0.29) is 5.91 Å². The van der Waals surface area contributed by atoms with Gasteiger partial charge in [-0.05, 0) is 29.7 Å². The maximum absolute atomic E-state index is 11.2. The molecule has 0 aliphatic rings. The molecule has 0 radical (unpaired) electrons. The molecular formula is C15H16N2O2. The molecule has 0 aliphatic heterocycles. The molecule has 0 bridgehead atoms. The van der Waals surface area contributed by atoms with Gasteiger partial charge in [-0.3, -0.25) is 9.78 Å². The maximum Gasteiger partial charge on any atom is 0.248 e. The van der Waals surface area contributed by atoms with Gasteiger partial charge in [0.15, 0.2) is 0 Å². The van der Waals surface area contributed by atoms with Gasteiger partial charge in [0, 0.05) is 18.9 Å². The summed E-state index contributed by atoms with van der Waals surface area (Å²) in [7, 11) is 0. The summed E-state index contributed by atoms with van der Waals surface area (Å²) >= 11 is 0. The molecule has 2 N–H and O–H groups in total. The molecule has 1 atom stereocenters. The zero-order chi connectivity index (χ0) is 13.7. The second-order valence-corrected chi connectivity index (χ2v) is 4.33. The third kappa shape index (κ3) is 3.63. The third-order valence-corrected chi connectivity index (χ3v) is 2.79. The van der Waals surface area contributed by atoms with Gasteiger partial charge in [0.2, 0.25) is 5.91 Å². The van der Waals surface area contributed by atoms with E-state index < -0.39 is 6.10 Å². The number of carbonyl (C=O) groups excluding carboxylic acids is 1. The fourth-order valence-corrected chi connectivity index (χ4v) is 1.69. The van der Waals surface area contributed by atoms with Crippen molar-refractivity contribution in [2.45, 2.75) is 19.6 Å². The number of amides is 1. The normalized spacial score (nSPS) is 11.9. The summed E-state index contributed by atoms with van der Waals surface area (Å²) in [6, 6.07) is 11.8. The lowest BCUT2D eigenvalue weighted by molar-refractivity contribution is -0.128. The van der Waals surface area contributed by atoms with Gasteiger partial charge in [0.25, 0.3) is 0 Å². The highest BCUT2D eigenvalue weighted by Gasteiger charge is 2.07. The smallest absolute Gasteiger partial charge is 0.248 e. The van der Waals surface area contributed by atoms with Crippen LogP contribution in [0.25, 0.3) is 11.1 Å². The Bertz CT molecular complexity index is 536. The van der Waals surface area contributed by atoms with E-state index in [1.165, 1.54) is 6.92 Å². The molecule has 1 amide bonds. The summed E-state index contributed by atoms with van der Waals surface area (Å²) in [5.74, 6) is -0.365. The van der Waals surface area contributed by atoms with Crippen molar-refractivity contribution in [3.05, 3.63) is 54.4 Å². The first kappa shape index (κ1) is 13.2. The summed E-state index contributed by atoms with van der Waals surface area (Å²) in [5.41, 5.74) is 3.13. The van der Waals surface area contributed by atoms with Crippen LogP contribution in [0.2, 0.25) is 0 Å². The molecule has 0 saturated heterocycles. The number of hydrogen-bond donors (Lipinski definition) is 2. The first-order valence-corrected chi connectivity index (χ1v) is 6.12. The molecule has 1 unspecified atom stereocenters. The topological polar surface area (TPSA) is 62.2 Å². The molecule has 1 heterocycles. The monoisotopic (exact) mass is 256 g/mol. The van der Waals surface area contributed by atoms with Crippen LogP contribution in [0.15, 0.2) is 48.8 Å². The first-order valence-electron chi connectivity index (χ1n) is 6.12. The second kappa shape index (κ2) is 6.11. The van der Waals surface area contributed by atoms with Crippen LogP contribution >= 0.6 is 0 Å². The van der Waals surface area contributed by atoms with Crippen LogP contribution in [-0.4, -0.2) is 22.1 Å². The number of pyridine rings is 1. The number of nitrogens with zero attached hydrogens (tertiary/aromatic N) is 1. The minimum absolute atomic E-state index is 0.365. The molecular weight excluding hydrogens is 240 g/mol. The van der Waals surface area contributed by atoms with Crippen molar-refractivity contribution in [2.24, 2.45) is 0 Å². The number of aliphatic hydroxyl groups is 1. The van der Waals surface area contributed by atoms with E-state index in [1.807, 2.05) is 42.6 Å². The maximum atomic E-state index is 11.2. The van der Waals surface area contributed by atoms with Gasteiger partial charge in [0.1, 0.15) is 6.10 Å². The van der Waals surface area contributed by atoms with E-state index in [2.05, 4.69) is 10.3 Å². The van der Waals surface area contributed by atoms with Crippen LogP contribution in [0, 0.1) is 0 Å². The van der Waals surface area contributed by atoms with Crippen LogP contribution in [0.1, 0.15) is 12.5 Å². The van der Waals surface area contributed by atoms with Crippen LogP contribution in [0.3, 0.4) is 0 Å². The summed E-state index contributed by atoms with van der Waals surface area (Å²) in [6.45, 7) is 1.86. The van der Waals surface area contributed by atoms with Gasteiger partial charge < -0.3 is 10.4 Å². The van der Waals surface area contributed by atoms with Gasteiger partial charge in [-0.25, -0.2) is 0 Å². The molecule has 1 aromatic carbocycles. The van der Waals surface area contributed by atoms with Crippen molar-refractivity contribution in [3.8, 4) is 11.1 Å². The highest BCUT2D eigenvalue weighted by atomic mass is 16.3. The first-order chi connectivity index (χ1) is 9.16. The second-order valence-electron chi connectivity index (χ2n) is 4.33. The Kier molecular flexibility index (Phi) is 4.26. The summed E-state index contributed by atoms with van der Waals surface area (Å²) < 4.78 is 0. The Morgan fingerprint density at radius 1 is 1.26 bits per heavy atom. The van der Waals surface area contributed by atoms with Crippen molar-refractivity contribution in [2.75, 3.05) is 0 Å². The summed E-state index contributed by atoms with van der Waals surface area (Å²) in [6.07, 6.45) is 2.57. The molecule has 98 valence electrons. The average molecular weight is 256 g/mol. The van der Waals surface area contributed by atoms with Gasteiger partial charge in [-0.1, -0.05) is 30.3 Å². The summed E-state index contributed by atoms with van der Waals surface area (Å²) in [5, 5.41) is 11.7. The van der Waals surface area contributed by atoms with Gasteiger partial charge >= 0.3 is 0 Å². The standard InChI is InChI=1S/C15H16N2O2/c1-11(18)15(19)17-9-12-4-6-13(7-5-12)14-3-2-8-16-10-14/h2-8,10-11,18H,9H2,1H3,(H,17,19). The predicted octanol–water partition coefficient (Wildman–Crippen LogP) is 1.75. The quantitative estimate of drug-likeness (QED) is 0.876. The van der Waals surface area contributed by atoms with Crippen LogP contribution in [-0.2, 0) is 11.3 Å². The molecule has 0 spiro atoms. The molecule has 0 saturated carbocycles. The number of aromatic nitrogens is 1. The predicted molar refractivity (Wildman–Crippen MR) is 73.2 cm³/mol. The minimum Gasteiger partial charge on any atom is -0.384 e. The average Bonchev–Trinajstić information content (AvgIpc) is 2.46. The zero-order valence-corrected chi connectivity index (χ0v) is 10.7. The van der Waals surface area contributed by atoms with E-state index in [9.17, 15) is 4.79 Å². The fourth-order valence-electron chi connectivity index (χ4n) is 1.69. The van der Waals surface area contributed by atoms with E-state index in [4.69, 9.17) is 5.11 Å². The molecule has 19 heavy (non-hydrogen) atoms. The minimum atomic E-state index is -0.977. The van der Waals surface area contributed by atoms with Gasteiger partial charge in [-0.15, -0.1) is 0 Å². The summed E-state index contributed by atoms with van der Waals surface area (Å²) in [4.78, 5) is 15.3. The SMILES string of the molecule is CC(O)C(=O)NCc1ccc(-c2cccnc2)cc1. The van der Waals surface area contributed by atoms with Crippen LogP contribution in [0.4, 0.5) is 0 Å². The highest BCUT2D eigenvalue weighted by Crippen LogP contribution is 2.18. The van der Waals surface area contributed by atoms with Gasteiger partial charge in [-0.2, -0.15) is 0 Å². The Morgan fingerprint density at radius 3 is 2.58 bits per heavy atom. The van der Waals surface area contributed by atoms with E-state index in [1.54, 1.807) is 6.20 Å². The van der Waals surface area contributed by atoms with Crippen molar-refractivity contribution < 1.29 is 9.90 Å². The largest absolute Gasteiger partial charge is 0.384 e. The highest BCUT2D eigenvalue weighted by molar-refractivity contribution is 5.79. The molecule has 0 aliphatic carbocycles. The Balaban J connectivity index is 2.01. The van der Waals surface area contributed by atoms with Crippen molar-refractivity contribution in [3.63, 3.8) is 0 Å². The Morgan fingerprint density at radius 2 is 2.00 bits per heavy atom. The molecule has 2 aromatic rings. The Labute approximate surface area is 112 Å². The zero-order valence-electron chi connectivity index (χ0n) is 10.7. The lowest BCUT2D eigenvalue weighted by Gasteiger charge is -2.08.